The average Bonchev–Trinajstić information content (AvgIpc) is 2.46. The molecule has 0 radical (unpaired) electrons. The number of halogens is 1. The fourth-order valence-electron chi connectivity index (χ4n) is 1.95. The number of hydrogen-bond donors (Lipinski definition) is 0. The maximum absolute atomic E-state index is 12.9. The summed E-state index contributed by atoms with van der Waals surface area (Å²) in [6, 6.07) is 16.6. The van der Waals surface area contributed by atoms with Gasteiger partial charge >= 0.3 is 0 Å². The number of carbonyl (C=O) groups is 1. The highest BCUT2D eigenvalue weighted by molar-refractivity contribution is 6.01. The van der Waals surface area contributed by atoms with E-state index in [1.165, 1.54) is 24.3 Å². The lowest BCUT2D eigenvalue weighted by Crippen LogP contribution is -2.12. The highest BCUT2D eigenvalue weighted by atomic mass is 19.1. The Balaban J connectivity index is 2.32. The van der Waals surface area contributed by atoms with Crippen LogP contribution in [0.15, 0.2) is 54.6 Å². The van der Waals surface area contributed by atoms with Gasteiger partial charge in [-0.25, -0.2) is 4.39 Å². The number of Topliss-reactive ketones (excluding diaryl/α,β-unsaturated/α-hetero) is 1. The van der Waals surface area contributed by atoms with E-state index in [4.69, 9.17) is 5.26 Å². The molecule has 94 valence electrons. The molecular weight excluding hydrogens is 241 g/mol. The highest BCUT2D eigenvalue weighted by Gasteiger charge is 2.21. The fourth-order valence-corrected chi connectivity index (χ4v) is 1.95. The molecule has 1 unspecified atom stereocenters. The minimum absolute atomic E-state index is 0.111. The normalized spacial score (nSPS) is 11.6. The van der Waals surface area contributed by atoms with E-state index in [1.54, 1.807) is 0 Å². The monoisotopic (exact) mass is 253 g/mol. The van der Waals surface area contributed by atoms with Gasteiger partial charge in [-0.2, -0.15) is 5.26 Å². The molecule has 2 rings (SSSR count). The minimum atomic E-state index is -0.503. The predicted molar refractivity (Wildman–Crippen MR) is 70.1 cm³/mol. The Morgan fingerprint density at radius 2 is 1.74 bits per heavy atom. The van der Waals surface area contributed by atoms with E-state index >= 15 is 0 Å². The summed E-state index contributed by atoms with van der Waals surface area (Å²) in [5.74, 6) is -1.04. The van der Waals surface area contributed by atoms with E-state index in [0.29, 0.717) is 5.56 Å². The lowest BCUT2D eigenvalue weighted by molar-refractivity contribution is 0.0960. The SMILES string of the molecule is N#CCC(C(=O)c1ccc(F)cc1)c1ccccc1. The summed E-state index contributed by atoms with van der Waals surface area (Å²) < 4.78 is 12.9. The van der Waals surface area contributed by atoms with Crippen LogP contribution < -0.4 is 0 Å². The standard InChI is InChI=1S/C16H12FNO/c17-14-8-6-13(7-9-14)16(19)15(10-11-18)12-4-2-1-3-5-12/h1-9,15H,10H2. The zero-order chi connectivity index (χ0) is 13.7. The maximum Gasteiger partial charge on any atom is 0.171 e. The number of benzene rings is 2. The lowest BCUT2D eigenvalue weighted by Gasteiger charge is -2.13. The van der Waals surface area contributed by atoms with Gasteiger partial charge < -0.3 is 0 Å². The molecule has 0 saturated heterocycles. The summed E-state index contributed by atoms with van der Waals surface area (Å²) in [7, 11) is 0. The van der Waals surface area contributed by atoms with Crippen molar-refractivity contribution in [2.45, 2.75) is 12.3 Å². The molecule has 0 amide bonds. The van der Waals surface area contributed by atoms with Crippen LogP contribution in [0.3, 0.4) is 0 Å². The smallest absolute Gasteiger partial charge is 0.171 e. The van der Waals surface area contributed by atoms with Crippen LogP contribution >= 0.6 is 0 Å². The van der Waals surface area contributed by atoms with Crippen molar-refractivity contribution in [2.24, 2.45) is 0 Å². The van der Waals surface area contributed by atoms with Gasteiger partial charge in [-0.15, -0.1) is 0 Å². The number of hydrogen-bond acceptors (Lipinski definition) is 2. The van der Waals surface area contributed by atoms with E-state index in [-0.39, 0.29) is 18.0 Å². The largest absolute Gasteiger partial charge is 0.293 e. The van der Waals surface area contributed by atoms with Crippen molar-refractivity contribution in [1.29, 1.82) is 5.26 Å². The number of carbonyl (C=O) groups excluding carboxylic acids is 1. The van der Waals surface area contributed by atoms with Gasteiger partial charge in [0, 0.05) is 12.0 Å². The van der Waals surface area contributed by atoms with Gasteiger partial charge in [0.1, 0.15) is 5.82 Å². The van der Waals surface area contributed by atoms with Crippen LogP contribution in [-0.2, 0) is 0 Å². The Bertz CT molecular complexity index is 599. The van der Waals surface area contributed by atoms with Crippen molar-refractivity contribution in [3.05, 3.63) is 71.5 Å². The van der Waals surface area contributed by atoms with Crippen molar-refractivity contribution in [1.82, 2.24) is 0 Å². The third-order valence-corrected chi connectivity index (χ3v) is 2.94. The quantitative estimate of drug-likeness (QED) is 0.779. The number of nitriles is 1. The van der Waals surface area contributed by atoms with Crippen LogP contribution in [0.2, 0.25) is 0 Å². The van der Waals surface area contributed by atoms with Crippen molar-refractivity contribution in [3.8, 4) is 6.07 Å². The third kappa shape index (κ3) is 3.05. The molecule has 0 aliphatic heterocycles. The fraction of sp³-hybridized carbons (Fsp3) is 0.125. The molecule has 2 aromatic carbocycles. The first-order valence-corrected chi connectivity index (χ1v) is 5.94. The number of rotatable bonds is 4. The van der Waals surface area contributed by atoms with Crippen molar-refractivity contribution >= 4 is 5.78 Å². The molecule has 0 spiro atoms. The summed E-state index contributed by atoms with van der Waals surface area (Å²) >= 11 is 0. The second kappa shape index (κ2) is 5.92. The Labute approximate surface area is 111 Å². The lowest BCUT2D eigenvalue weighted by atomic mass is 9.88. The predicted octanol–water partition coefficient (Wildman–Crippen LogP) is 3.71. The first kappa shape index (κ1) is 13.0. The van der Waals surface area contributed by atoms with Crippen LogP contribution in [0.5, 0.6) is 0 Å². The van der Waals surface area contributed by atoms with Crippen LogP contribution in [0.25, 0.3) is 0 Å². The van der Waals surface area contributed by atoms with Crippen LogP contribution in [-0.4, -0.2) is 5.78 Å². The second-order valence-electron chi connectivity index (χ2n) is 4.20. The molecule has 0 fully saturated rings. The number of nitrogens with zero attached hydrogens (tertiary/aromatic N) is 1. The molecule has 0 bridgehead atoms. The molecule has 0 aliphatic carbocycles. The molecule has 3 heteroatoms. The summed E-state index contributed by atoms with van der Waals surface area (Å²) in [6.45, 7) is 0. The van der Waals surface area contributed by atoms with E-state index in [9.17, 15) is 9.18 Å². The molecule has 19 heavy (non-hydrogen) atoms. The van der Waals surface area contributed by atoms with E-state index < -0.39 is 5.92 Å². The molecule has 0 N–H and O–H groups in total. The Hall–Kier alpha value is -2.47. The number of ketones is 1. The zero-order valence-corrected chi connectivity index (χ0v) is 10.2. The maximum atomic E-state index is 12.9. The summed E-state index contributed by atoms with van der Waals surface area (Å²) in [5, 5.41) is 8.88. The van der Waals surface area contributed by atoms with Gasteiger partial charge in [0.15, 0.2) is 5.78 Å². The average molecular weight is 253 g/mol. The molecular formula is C16H12FNO. The van der Waals surface area contributed by atoms with E-state index in [0.717, 1.165) is 5.56 Å². The molecule has 0 heterocycles. The Kier molecular flexibility index (Phi) is 4.04. The van der Waals surface area contributed by atoms with Gasteiger partial charge in [0.05, 0.1) is 12.0 Å². The van der Waals surface area contributed by atoms with Crippen LogP contribution in [0.1, 0.15) is 28.3 Å². The van der Waals surface area contributed by atoms with E-state index in [1.807, 2.05) is 36.4 Å². The summed E-state index contributed by atoms with van der Waals surface area (Å²) in [4.78, 5) is 12.4. The second-order valence-corrected chi connectivity index (χ2v) is 4.20. The first-order valence-electron chi connectivity index (χ1n) is 5.94. The molecule has 1 atom stereocenters. The summed E-state index contributed by atoms with van der Waals surface area (Å²) in [5.41, 5.74) is 1.23. The topological polar surface area (TPSA) is 40.9 Å². The summed E-state index contributed by atoms with van der Waals surface area (Å²) in [6.07, 6.45) is 0.111. The van der Waals surface area contributed by atoms with Gasteiger partial charge in [0.25, 0.3) is 0 Å². The van der Waals surface area contributed by atoms with Gasteiger partial charge in [-0.1, -0.05) is 30.3 Å². The minimum Gasteiger partial charge on any atom is -0.293 e. The molecule has 0 aromatic heterocycles. The van der Waals surface area contributed by atoms with Gasteiger partial charge in [0.2, 0.25) is 0 Å². The van der Waals surface area contributed by atoms with Gasteiger partial charge in [-0.05, 0) is 29.8 Å². The van der Waals surface area contributed by atoms with Crippen LogP contribution in [0, 0.1) is 17.1 Å². The molecule has 2 nitrogen and oxygen atoms in total. The molecule has 0 saturated carbocycles. The van der Waals surface area contributed by atoms with Crippen molar-refractivity contribution in [2.75, 3.05) is 0 Å². The van der Waals surface area contributed by atoms with E-state index in [2.05, 4.69) is 0 Å². The van der Waals surface area contributed by atoms with Crippen molar-refractivity contribution in [3.63, 3.8) is 0 Å². The van der Waals surface area contributed by atoms with Gasteiger partial charge in [-0.3, -0.25) is 4.79 Å². The highest BCUT2D eigenvalue weighted by Crippen LogP contribution is 2.24. The van der Waals surface area contributed by atoms with Crippen molar-refractivity contribution < 1.29 is 9.18 Å². The molecule has 2 aromatic rings. The van der Waals surface area contributed by atoms with Crippen LogP contribution in [0.4, 0.5) is 4.39 Å². The first-order chi connectivity index (χ1) is 9.22. The zero-order valence-electron chi connectivity index (χ0n) is 10.2. The Morgan fingerprint density at radius 1 is 1.11 bits per heavy atom. The third-order valence-electron chi connectivity index (χ3n) is 2.94. The molecule has 0 aliphatic rings. The Morgan fingerprint density at radius 3 is 2.32 bits per heavy atom.